The van der Waals surface area contributed by atoms with Gasteiger partial charge in [0.2, 0.25) is 5.13 Å². The van der Waals surface area contributed by atoms with Crippen LogP contribution in [0.15, 0.2) is 47.2 Å². The predicted octanol–water partition coefficient (Wildman–Crippen LogP) is 4.05. The molecule has 0 aliphatic heterocycles. The fourth-order valence-corrected chi connectivity index (χ4v) is 5.91. The van der Waals surface area contributed by atoms with E-state index in [1.165, 1.54) is 18.4 Å². The van der Waals surface area contributed by atoms with Crippen LogP contribution in [0.4, 0.5) is 10.8 Å². The van der Waals surface area contributed by atoms with Gasteiger partial charge in [0, 0.05) is 5.38 Å². The number of thiazole rings is 1. The fourth-order valence-electron chi connectivity index (χ4n) is 3.01. The zero-order valence-corrected chi connectivity index (χ0v) is 20.9. The van der Waals surface area contributed by atoms with Crippen molar-refractivity contribution in [1.29, 1.82) is 0 Å². The zero-order valence-electron chi connectivity index (χ0n) is 17.7. The highest BCUT2D eigenvalue weighted by Gasteiger charge is 2.20. The lowest BCUT2D eigenvalue weighted by atomic mass is 10.0. The second kappa shape index (κ2) is 10.6. The van der Waals surface area contributed by atoms with Gasteiger partial charge in [0.05, 0.1) is 35.8 Å². The van der Waals surface area contributed by atoms with Crippen LogP contribution in [0.5, 0.6) is 0 Å². The summed E-state index contributed by atoms with van der Waals surface area (Å²) in [6, 6.07) is 10.4. The van der Waals surface area contributed by atoms with Gasteiger partial charge in [-0.3, -0.25) is 14.1 Å². The quantitative estimate of drug-likeness (QED) is 0.202. The van der Waals surface area contributed by atoms with E-state index in [0.29, 0.717) is 16.6 Å². The molecule has 0 aliphatic carbocycles. The summed E-state index contributed by atoms with van der Waals surface area (Å²) in [5.74, 6) is -0.391. The Morgan fingerprint density at radius 2 is 1.97 bits per heavy atom. The molecule has 14 heteroatoms. The minimum atomic E-state index is -4.34. The Morgan fingerprint density at radius 1 is 1.18 bits per heavy atom. The Morgan fingerprint density at radius 3 is 2.65 bits per heavy atom. The molecule has 3 heterocycles. The molecule has 3 aromatic heterocycles. The van der Waals surface area contributed by atoms with Crippen molar-refractivity contribution < 1.29 is 22.5 Å². The van der Waals surface area contributed by atoms with E-state index in [4.69, 9.17) is 9.54 Å². The molecule has 4 aromatic rings. The number of carbonyl (C=O) groups is 1. The van der Waals surface area contributed by atoms with Crippen molar-refractivity contribution in [3.63, 3.8) is 0 Å². The number of benzene rings is 1. The van der Waals surface area contributed by atoms with Crippen LogP contribution in [0.3, 0.4) is 0 Å². The van der Waals surface area contributed by atoms with Crippen molar-refractivity contribution in [2.24, 2.45) is 0 Å². The van der Waals surface area contributed by atoms with Crippen LogP contribution in [0.25, 0.3) is 9.88 Å². The van der Waals surface area contributed by atoms with Gasteiger partial charge in [-0.1, -0.05) is 29.5 Å². The molecule has 0 saturated carbocycles. The molecule has 3 N–H and O–H groups in total. The van der Waals surface area contributed by atoms with E-state index < -0.39 is 16.3 Å². The van der Waals surface area contributed by atoms with Crippen LogP contribution in [0, 0.1) is 0 Å². The van der Waals surface area contributed by atoms with E-state index in [2.05, 4.69) is 20.3 Å². The van der Waals surface area contributed by atoms with E-state index in [-0.39, 0.29) is 18.2 Å². The van der Waals surface area contributed by atoms with Crippen LogP contribution < -0.4 is 10.0 Å². The molecule has 0 unspecified atom stereocenters. The van der Waals surface area contributed by atoms with Gasteiger partial charge in [-0.2, -0.15) is 8.42 Å². The number of ether oxygens (including phenoxy) is 1. The summed E-state index contributed by atoms with van der Waals surface area (Å²) in [4.78, 5) is 17.4. The number of methoxy groups -OCH3 is 1. The highest BCUT2D eigenvalue weighted by molar-refractivity contribution is 7.87. The van der Waals surface area contributed by atoms with E-state index in [0.717, 1.165) is 21.1 Å². The summed E-state index contributed by atoms with van der Waals surface area (Å²) in [5, 5.41) is 17.5. The van der Waals surface area contributed by atoms with Crippen LogP contribution in [0.1, 0.15) is 22.3 Å². The van der Waals surface area contributed by atoms with Crippen LogP contribution in [-0.2, 0) is 32.7 Å². The number of anilines is 2. The number of rotatable bonds is 10. The summed E-state index contributed by atoms with van der Waals surface area (Å²) in [6.45, 7) is 0. The van der Waals surface area contributed by atoms with Crippen molar-refractivity contribution >= 4 is 61.1 Å². The minimum absolute atomic E-state index is 0.0436. The number of hydrogen-bond acceptors (Lipinski definition) is 11. The molecule has 0 spiro atoms. The SMILES string of the molecule is COC(=O)Cc1nnc(N[C@@H](Cc2ccc(NS(=O)(=O)O)cc2)c2csc(-c3cccs3)n2)s1. The maximum absolute atomic E-state index is 11.5. The van der Waals surface area contributed by atoms with Gasteiger partial charge in [-0.15, -0.1) is 32.9 Å². The lowest BCUT2D eigenvalue weighted by Gasteiger charge is -2.16. The number of nitrogens with one attached hydrogen (secondary N) is 2. The normalized spacial score (nSPS) is 12.3. The van der Waals surface area contributed by atoms with Gasteiger partial charge < -0.3 is 10.1 Å². The van der Waals surface area contributed by atoms with E-state index in [1.807, 2.05) is 27.6 Å². The Labute approximate surface area is 207 Å². The average molecular weight is 538 g/mol. The van der Waals surface area contributed by atoms with Gasteiger partial charge in [0.25, 0.3) is 0 Å². The zero-order chi connectivity index (χ0) is 24.1. The molecule has 0 bridgehead atoms. The number of thiophene rings is 1. The van der Waals surface area contributed by atoms with Crippen molar-refractivity contribution in [1.82, 2.24) is 15.2 Å². The minimum Gasteiger partial charge on any atom is -0.469 e. The maximum Gasteiger partial charge on any atom is 0.357 e. The Hall–Kier alpha value is -2.91. The highest BCUT2D eigenvalue weighted by atomic mass is 32.2. The molecule has 4 rings (SSSR count). The molecule has 34 heavy (non-hydrogen) atoms. The number of aromatic nitrogens is 3. The predicted molar refractivity (Wildman–Crippen MR) is 133 cm³/mol. The molecule has 0 radical (unpaired) electrons. The summed E-state index contributed by atoms with van der Waals surface area (Å²) >= 11 is 4.42. The molecule has 0 aliphatic rings. The first kappa shape index (κ1) is 24.2. The second-order valence-electron chi connectivity index (χ2n) is 6.98. The first-order valence-electron chi connectivity index (χ1n) is 9.78. The van der Waals surface area contributed by atoms with Crippen molar-refractivity contribution in [3.8, 4) is 9.88 Å². The molecule has 10 nitrogen and oxygen atoms in total. The third-order valence-corrected chi connectivity index (χ3v) is 7.79. The van der Waals surface area contributed by atoms with E-state index in [9.17, 15) is 13.2 Å². The molecule has 1 atom stereocenters. The molecular weight excluding hydrogens is 519 g/mol. The molecule has 1 aromatic carbocycles. The monoisotopic (exact) mass is 537 g/mol. The lowest BCUT2D eigenvalue weighted by molar-refractivity contribution is -0.139. The van der Waals surface area contributed by atoms with Gasteiger partial charge in [-0.05, 0) is 35.6 Å². The number of esters is 1. The Balaban J connectivity index is 1.56. The number of carbonyl (C=O) groups excluding carboxylic acids is 1. The lowest BCUT2D eigenvalue weighted by Crippen LogP contribution is -2.14. The van der Waals surface area contributed by atoms with Crippen molar-refractivity contribution in [3.05, 3.63) is 63.4 Å². The van der Waals surface area contributed by atoms with Crippen molar-refractivity contribution in [2.45, 2.75) is 18.9 Å². The fraction of sp³-hybridized carbons (Fsp3) is 0.200. The largest absolute Gasteiger partial charge is 0.469 e. The first-order chi connectivity index (χ1) is 16.3. The average Bonchev–Trinajstić information content (AvgIpc) is 3.55. The van der Waals surface area contributed by atoms with E-state index >= 15 is 0 Å². The van der Waals surface area contributed by atoms with Gasteiger partial charge in [-0.25, -0.2) is 4.98 Å². The summed E-state index contributed by atoms with van der Waals surface area (Å²) in [6.07, 6.45) is 0.563. The number of nitrogens with zero attached hydrogens (tertiary/aromatic N) is 3. The summed E-state index contributed by atoms with van der Waals surface area (Å²) in [7, 11) is -3.02. The standard InChI is InChI=1S/C20H19N5O5S4/c1-30-18(26)10-17-23-24-20(33-17)22-14(15-11-32-19(21-15)16-3-2-8-31-16)9-12-4-6-13(7-5-12)25-34(27,28)29/h2-8,11,14,25H,9-10H2,1H3,(H,22,24)(H,27,28,29)/t14-/m0/s1. The highest BCUT2D eigenvalue weighted by Crippen LogP contribution is 2.32. The molecule has 0 amide bonds. The summed E-state index contributed by atoms with van der Waals surface area (Å²) in [5.41, 5.74) is 1.97. The van der Waals surface area contributed by atoms with Crippen molar-refractivity contribution in [2.75, 3.05) is 17.1 Å². The maximum atomic E-state index is 11.5. The second-order valence-corrected chi connectivity index (χ2v) is 11.0. The Kier molecular flexibility index (Phi) is 7.53. The van der Waals surface area contributed by atoms with Gasteiger partial charge in [0.15, 0.2) is 0 Å². The molecular formula is C20H19N5O5S4. The van der Waals surface area contributed by atoms with Crippen LogP contribution in [-0.4, -0.2) is 41.2 Å². The third kappa shape index (κ3) is 6.57. The topological polar surface area (TPSA) is 143 Å². The number of hydrogen-bond donors (Lipinski definition) is 3. The van der Waals surface area contributed by atoms with Crippen LogP contribution in [0.2, 0.25) is 0 Å². The van der Waals surface area contributed by atoms with Gasteiger partial charge >= 0.3 is 16.3 Å². The third-order valence-electron chi connectivity index (χ3n) is 4.54. The van der Waals surface area contributed by atoms with Crippen LogP contribution >= 0.6 is 34.0 Å². The smallest absolute Gasteiger partial charge is 0.357 e. The molecule has 178 valence electrons. The summed E-state index contributed by atoms with van der Waals surface area (Å²) < 4.78 is 37.7. The van der Waals surface area contributed by atoms with Gasteiger partial charge in [0.1, 0.15) is 10.0 Å². The first-order valence-corrected chi connectivity index (χ1v) is 13.8. The molecule has 0 fully saturated rings. The molecule has 0 saturated heterocycles. The van der Waals surface area contributed by atoms with E-state index in [1.54, 1.807) is 46.9 Å². The Bertz CT molecular complexity index is 1350.